The molecule has 26 heavy (non-hydrogen) atoms. The number of Topliss-reactive ketones (excluding diaryl/α,β-unsaturated/α-hetero) is 1. The van der Waals surface area contributed by atoms with Crippen molar-refractivity contribution in [1.82, 2.24) is 9.88 Å². The Morgan fingerprint density at radius 3 is 2.35 bits per heavy atom. The Morgan fingerprint density at radius 2 is 1.69 bits per heavy atom. The van der Waals surface area contributed by atoms with Crippen LogP contribution in [0.3, 0.4) is 0 Å². The molecule has 6 heteroatoms. The number of amides is 1. The molecule has 6 nitrogen and oxygen atoms in total. The Balaban J connectivity index is 1.85. The monoisotopic (exact) mass is 350 g/mol. The number of para-hydroxylation sites is 1. The van der Waals surface area contributed by atoms with E-state index >= 15 is 0 Å². The molecule has 1 aromatic heterocycles. The molecule has 0 saturated carbocycles. The molecular formula is C20H18N2O4. The fraction of sp³-hybridized carbons (Fsp3) is 0.150. The predicted molar refractivity (Wildman–Crippen MR) is 96.9 cm³/mol. The number of nitrogens with one attached hydrogen (secondary N) is 1. The van der Waals surface area contributed by atoms with E-state index in [0.717, 1.165) is 10.9 Å². The van der Waals surface area contributed by atoms with Gasteiger partial charge in [0.1, 0.15) is 6.54 Å². The van der Waals surface area contributed by atoms with Crippen LogP contribution in [0.5, 0.6) is 0 Å². The van der Waals surface area contributed by atoms with E-state index in [2.05, 4.69) is 5.32 Å². The van der Waals surface area contributed by atoms with Crippen LogP contribution in [-0.2, 0) is 16.1 Å². The highest BCUT2D eigenvalue weighted by Crippen LogP contribution is 2.22. The molecule has 0 bridgehead atoms. The van der Waals surface area contributed by atoms with Crippen molar-refractivity contribution in [2.75, 3.05) is 0 Å². The SMILES string of the molecule is CC(=O)c1cn(CC(=O)N[C@H](C(=O)O)c2ccccc2)c2ccccc12. The quantitative estimate of drug-likeness (QED) is 0.669. The van der Waals surface area contributed by atoms with Gasteiger partial charge in [-0.05, 0) is 18.6 Å². The maximum Gasteiger partial charge on any atom is 0.330 e. The molecule has 0 spiro atoms. The molecule has 1 heterocycles. The molecule has 0 radical (unpaired) electrons. The summed E-state index contributed by atoms with van der Waals surface area (Å²) < 4.78 is 1.66. The lowest BCUT2D eigenvalue weighted by molar-refractivity contribution is -0.142. The molecule has 0 aliphatic heterocycles. The Kier molecular flexibility index (Phi) is 4.84. The van der Waals surface area contributed by atoms with Crippen molar-refractivity contribution in [3.63, 3.8) is 0 Å². The first-order chi connectivity index (χ1) is 12.5. The summed E-state index contributed by atoms with van der Waals surface area (Å²) in [5.74, 6) is -1.67. The molecular weight excluding hydrogens is 332 g/mol. The third-order valence-electron chi connectivity index (χ3n) is 4.17. The number of aliphatic carboxylic acids is 1. The lowest BCUT2D eigenvalue weighted by Crippen LogP contribution is -2.35. The second-order valence-corrected chi connectivity index (χ2v) is 5.99. The molecule has 0 aliphatic rings. The molecule has 2 N–H and O–H groups in total. The van der Waals surface area contributed by atoms with Gasteiger partial charge in [-0.15, -0.1) is 0 Å². The summed E-state index contributed by atoms with van der Waals surface area (Å²) in [6.45, 7) is 1.40. The van der Waals surface area contributed by atoms with Gasteiger partial charge in [0, 0.05) is 22.7 Å². The summed E-state index contributed by atoms with van der Waals surface area (Å²) in [7, 11) is 0. The van der Waals surface area contributed by atoms with Gasteiger partial charge in [-0.25, -0.2) is 4.79 Å². The van der Waals surface area contributed by atoms with Crippen molar-refractivity contribution in [2.45, 2.75) is 19.5 Å². The van der Waals surface area contributed by atoms with Gasteiger partial charge < -0.3 is 15.0 Å². The minimum atomic E-state index is -1.13. The van der Waals surface area contributed by atoms with Crippen LogP contribution >= 0.6 is 0 Å². The third kappa shape index (κ3) is 3.49. The van der Waals surface area contributed by atoms with E-state index < -0.39 is 17.9 Å². The van der Waals surface area contributed by atoms with E-state index in [4.69, 9.17) is 0 Å². The normalized spacial score (nSPS) is 11.9. The highest BCUT2D eigenvalue weighted by atomic mass is 16.4. The van der Waals surface area contributed by atoms with E-state index in [9.17, 15) is 19.5 Å². The number of carbonyl (C=O) groups excluding carboxylic acids is 2. The standard InChI is InChI=1S/C20H18N2O4/c1-13(23)16-11-22(17-10-6-5-9-15(16)17)12-18(24)21-19(20(25)26)14-7-3-2-4-8-14/h2-11,19H,12H2,1H3,(H,21,24)(H,25,26)/t19-/m0/s1. The zero-order valence-corrected chi connectivity index (χ0v) is 14.2. The molecule has 0 aliphatic carbocycles. The third-order valence-corrected chi connectivity index (χ3v) is 4.17. The number of rotatable bonds is 6. The van der Waals surface area contributed by atoms with Crippen LogP contribution in [0, 0.1) is 0 Å². The van der Waals surface area contributed by atoms with Crippen LogP contribution in [0.25, 0.3) is 10.9 Å². The van der Waals surface area contributed by atoms with E-state index in [1.165, 1.54) is 6.92 Å². The zero-order valence-electron chi connectivity index (χ0n) is 14.2. The van der Waals surface area contributed by atoms with Crippen LogP contribution in [0.1, 0.15) is 28.9 Å². The van der Waals surface area contributed by atoms with E-state index in [0.29, 0.717) is 11.1 Å². The summed E-state index contributed by atoms with van der Waals surface area (Å²) in [6, 6.07) is 14.7. The van der Waals surface area contributed by atoms with Crippen molar-refractivity contribution in [3.8, 4) is 0 Å². The number of carboxylic acid groups (broad SMARTS) is 1. The molecule has 132 valence electrons. The predicted octanol–water partition coefficient (Wildman–Crippen LogP) is 2.79. The minimum absolute atomic E-state index is 0.0790. The molecule has 0 saturated heterocycles. The number of ketones is 1. The van der Waals surface area contributed by atoms with Gasteiger partial charge in [0.05, 0.1) is 0 Å². The number of nitrogens with zero attached hydrogens (tertiary/aromatic N) is 1. The average molecular weight is 350 g/mol. The lowest BCUT2D eigenvalue weighted by atomic mass is 10.1. The maximum atomic E-state index is 12.4. The zero-order chi connectivity index (χ0) is 18.7. The Bertz CT molecular complexity index is 976. The van der Waals surface area contributed by atoms with Gasteiger partial charge in [-0.3, -0.25) is 9.59 Å². The highest BCUT2D eigenvalue weighted by molar-refractivity contribution is 6.07. The summed E-state index contributed by atoms with van der Waals surface area (Å²) in [5.41, 5.74) is 1.78. The Morgan fingerprint density at radius 1 is 1.04 bits per heavy atom. The Hall–Kier alpha value is -3.41. The van der Waals surface area contributed by atoms with Crippen molar-refractivity contribution < 1.29 is 19.5 Å². The van der Waals surface area contributed by atoms with Crippen LogP contribution in [0.2, 0.25) is 0 Å². The first kappa shape index (κ1) is 17.4. The van der Waals surface area contributed by atoms with Gasteiger partial charge in [0.2, 0.25) is 5.91 Å². The van der Waals surface area contributed by atoms with Crippen molar-refractivity contribution in [2.24, 2.45) is 0 Å². The molecule has 1 amide bonds. The first-order valence-electron chi connectivity index (χ1n) is 8.13. The van der Waals surface area contributed by atoms with Gasteiger partial charge in [0.15, 0.2) is 11.8 Å². The second kappa shape index (κ2) is 7.23. The number of carbonyl (C=O) groups is 3. The van der Waals surface area contributed by atoms with Gasteiger partial charge in [-0.1, -0.05) is 48.5 Å². The number of hydrogen-bond donors (Lipinski definition) is 2. The van der Waals surface area contributed by atoms with E-state index in [-0.39, 0.29) is 12.3 Å². The number of aromatic nitrogens is 1. The van der Waals surface area contributed by atoms with Crippen LogP contribution in [-0.4, -0.2) is 27.3 Å². The van der Waals surface area contributed by atoms with Gasteiger partial charge >= 0.3 is 5.97 Å². The second-order valence-electron chi connectivity index (χ2n) is 5.99. The molecule has 1 atom stereocenters. The minimum Gasteiger partial charge on any atom is -0.479 e. The van der Waals surface area contributed by atoms with Crippen LogP contribution in [0.4, 0.5) is 0 Å². The fourth-order valence-corrected chi connectivity index (χ4v) is 2.95. The van der Waals surface area contributed by atoms with E-state index in [1.807, 2.05) is 24.3 Å². The molecule has 3 rings (SSSR count). The van der Waals surface area contributed by atoms with E-state index in [1.54, 1.807) is 41.1 Å². The molecule has 0 fully saturated rings. The van der Waals surface area contributed by atoms with Gasteiger partial charge in [-0.2, -0.15) is 0 Å². The summed E-state index contributed by atoms with van der Waals surface area (Å²) in [5, 5.41) is 12.7. The topological polar surface area (TPSA) is 88.4 Å². The average Bonchev–Trinajstić information content (AvgIpc) is 2.99. The smallest absolute Gasteiger partial charge is 0.330 e. The maximum absolute atomic E-state index is 12.4. The number of hydrogen-bond acceptors (Lipinski definition) is 3. The largest absolute Gasteiger partial charge is 0.479 e. The fourth-order valence-electron chi connectivity index (χ4n) is 2.95. The highest BCUT2D eigenvalue weighted by Gasteiger charge is 2.22. The number of fused-ring (bicyclic) bond motifs is 1. The lowest BCUT2D eigenvalue weighted by Gasteiger charge is -2.15. The Labute approximate surface area is 150 Å². The van der Waals surface area contributed by atoms with Crippen molar-refractivity contribution >= 4 is 28.6 Å². The summed E-state index contributed by atoms with van der Waals surface area (Å²) in [4.78, 5) is 35.8. The molecule has 3 aromatic rings. The van der Waals surface area contributed by atoms with Gasteiger partial charge in [0.25, 0.3) is 0 Å². The van der Waals surface area contributed by atoms with Crippen LogP contribution < -0.4 is 5.32 Å². The molecule has 0 unspecified atom stereocenters. The number of carboxylic acids is 1. The summed E-state index contributed by atoms with van der Waals surface area (Å²) in [6.07, 6.45) is 1.63. The summed E-state index contributed by atoms with van der Waals surface area (Å²) >= 11 is 0. The number of benzene rings is 2. The first-order valence-corrected chi connectivity index (χ1v) is 8.13. The molecule has 2 aromatic carbocycles. The van der Waals surface area contributed by atoms with Crippen molar-refractivity contribution in [3.05, 3.63) is 71.9 Å². The van der Waals surface area contributed by atoms with Crippen LogP contribution in [0.15, 0.2) is 60.8 Å². The van der Waals surface area contributed by atoms with Crippen molar-refractivity contribution in [1.29, 1.82) is 0 Å².